The quantitative estimate of drug-likeness (QED) is 0.760. The number of hydrogen-bond donors (Lipinski definition) is 0. The van der Waals surface area contributed by atoms with Crippen molar-refractivity contribution in [2.45, 2.75) is 20.8 Å². The smallest absolute Gasteiger partial charge is 0.273 e. The first-order valence-corrected chi connectivity index (χ1v) is 8.31. The van der Waals surface area contributed by atoms with Crippen LogP contribution in [0.4, 0.5) is 4.39 Å². The number of fused-ring (bicyclic) bond motifs is 1. The maximum atomic E-state index is 13.9. The van der Waals surface area contributed by atoms with E-state index < -0.39 is 13.8 Å². The molecule has 0 atom stereocenters. The molecule has 2 heterocycles. The molecule has 0 saturated carbocycles. The standard InChI is InChI=1S/C15H17FNO3P/c1-10-4-5-11-12(16)6-7-13(14(11)17-10)21(18)19-8-15(2,3)9-20-21/h4-7H,8-9H2,1-3H3. The van der Waals surface area contributed by atoms with Gasteiger partial charge in [0.05, 0.1) is 0 Å². The maximum Gasteiger partial charge on any atom is 0.273 e. The predicted octanol–water partition coefficient (Wildman–Crippen LogP) is 2.50. The third-order valence-corrected chi connectivity index (χ3v) is 5.36. The van der Waals surface area contributed by atoms with Gasteiger partial charge >= 0.3 is 0 Å². The monoisotopic (exact) mass is 309 g/mol. The highest BCUT2D eigenvalue weighted by atomic mass is 31.2. The molecule has 0 bridgehead atoms. The van der Waals surface area contributed by atoms with Crippen LogP contribution in [0.15, 0.2) is 24.3 Å². The Morgan fingerprint density at radius 2 is 1.86 bits per heavy atom. The molecule has 1 aromatic carbocycles. The van der Waals surface area contributed by atoms with Crippen molar-refractivity contribution in [1.82, 2.24) is 4.98 Å². The zero-order chi connectivity index (χ0) is 15.3. The van der Waals surface area contributed by atoms with Gasteiger partial charge in [-0.15, -0.1) is 0 Å². The zero-order valence-corrected chi connectivity index (χ0v) is 13.1. The highest BCUT2D eigenvalue weighted by Crippen LogP contribution is 2.57. The number of aryl methyl sites for hydroxylation is 1. The van der Waals surface area contributed by atoms with Gasteiger partial charge in [-0.3, -0.25) is 0 Å². The molecule has 1 aliphatic heterocycles. The summed E-state index contributed by atoms with van der Waals surface area (Å²) >= 11 is 0. The Morgan fingerprint density at radius 3 is 2.52 bits per heavy atom. The topological polar surface area (TPSA) is 54.4 Å². The van der Waals surface area contributed by atoms with Crippen LogP contribution >= 0.6 is 7.94 Å². The van der Waals surface area contributed by atoms with Crippen LogP contribution in [0.2, 0.25) is 0 Å². The molecular formula is C15H17FNO3P. The summed E-state index contributed by atoms with van der Waals surface area (Å²) in [7, 11) is -3.46. The van der Waals surface area contributed by atoms with Gasteiger partial charge in [0.1, 0.15) is 24.5 Å². The number of halogens is 1. The number of benzene rings is 1. The van der Waals surface area contributed by atoms with E-state index in [9.17, 15) is 9.28 Å². The number of hydrogen-bond acceptors (Lipinski definition) is 4. The number of aromatic nitrogens is 1. The lowest BCUT2D eigenvalue weighted by molar-refractivity contribution is -0.227. The molecule has 1 aromatic heterocycles. The molecule has 0 amide bonds. The summed E-state index contributed by atoms with van der Waals surface area (Å²) in [5, 5.41) is 0.656. The van der Waals surface area contributed by atoms with Crippen molar-refractivity contribution in [1.29, 1.82) is 0 Å². The number of pyridine rings is 1. The normalized spacial score (nSPS) is 20.6. The van der Waals surface area contributed by atoms with Crippen LogP contribution in [-0.2, 0) is 9.05 Å². The van der Waals surface area contributed by atoms with Gasteiger partial charge in [0.15, 0.2) is 5.30 Å². The van der Waals surface area contributed by atoms with Gasteiger partial charge in [-0.2, -0.15) is 0 Å². The molecule has 1 aliphatic rings. The van der Waals surface area contributed by atoms with E-state index in [1.807, 2.05) is 13.8 Å². The van der Waals surface area contributed by atoms with Crippen molar-refractivity contribution in [3.63, 3.8) is 0 Å². The van der Waals surface area contributed by atoms with Gasteiger partial charge in [-0.05, 0) is 31.2 Å². The summed E-state index contributed by atoms with van der Waals surface area (Å²) in [4.78, 5) is 17.3. The summed E-state index contributed by atoms with van der Waals surface area (Å²) in [6.45, 7) is 6.41. The summed E-state index contributed by atoms with van der Waals surface area (Å²) in [5.74, 6) is -0.398. The van der Waals surface area contributed by atoms with E-state index in [4.69, 9.17) is 9.05 Å². The Morgan fingerprint density at radius 1 is 1.19 bits per heavy atom. The second-order valence-electron chi connectivity index (χ2n) is 6.12. The van der Waals surface area contributed by atoms with Gasteiger partial charge in [0, 0.05) is 16.5 Å². The van der Waals surface area contributed by atoms with Gasteiger partial charge < -0.3 is 4.89 Å². The van der Waals surface area contributed by atoms with Gasteiger partial charge in [-0.1, -0.05) is 13.8 Å². The lowest BCUT2D eigenvalue weighted by Crippen LogP contribution is -2.39. The maximum absolute atomic E-state index is 13.9. The van der Waals surface area contributed by atoms with Crippen LogP contribution in [0.1, 0.15) is 19.5 Å². The van der Waals surface area contributed by atoms with Crippen LogP contribution in [0, 0.1) is 18.2 Å². The Bertz CT molecular complexity index is 695. The molecule has 1 saturated heterocycles. The van der Waals surface area contributed by atoms with E-state index in [1.165, 1.54) is 12.1 Å². The van der Waals surface area contributed by atoms with Gasteiger partial charge in [0.25, 0.3) is 7.94 Å². The molecule has 112 valence electrons. The first-order chi connectivity index (χ1) is 9.81. The van der Waals surface area contributed by atoms with E-state index in [1.54, 1.807) is 19.1 Å². The molecule has 6 heteroatoms. The van der Waals surface area contributed by atoms with Crippen molar-refractivity contribution in [2.75, 3.05) is 13.2 Å². The zero-order valence-electron chi connectivity index (χ0n) is 12.2. The van der Waals surface area contributed by atoms with Crippen molar-refractivity contribution in [2.24, 2.45) is 5.41 Å². The molecule has 0 radical (unpaired) electrons. The Labute approximate surface area is 123 Å². The van der Waals surface area contributed by atoms with Crippen LogP contribution < -0.4 is 10.2 Å². The van der Waals surface area contributed by atoms with E-state index in [-0.39, 0.29) is 5.41 Å². The largest absolute Gasteiger partial charge is 0.627 e. The Kier molecular flexibility index (Phi) is 3.49. The van der Waals surface area contributed by atoms with Crippen molar-refractivity contribution in [3.8, 4) is 0 Å². The predicted molar refractivity (Wildman–Crippen MR) is 78.7 cm³/mol. The Hall–Kier alpha value is -1.13. The first-order valence-electron chi connectivity index (χ1n) is 6.76. The molecule has 0 unspecified atom stereocenters. The molecule has 4 nitrogen and oxygen atoms in total. The summed E-state index contributed by atoms with van der Waals surface area (Å²) in [5.41, 5.74) is 0.879. The molecular weight excluding hydrogens is 292 g/mol. The minimum atomic E-state index is -3.46. The fraction of sp³-hybridized carbons (Fsp3) is 0.400. The van der Waals surface area contributed by atoms with Crippen LogP contribution in [-0.4, -0.2) is 18.2 Å². The highest BCUT2D eigenvalue weighted by molar-refractivity contribution is 7.67. The molecule has 1 fully saturated rings. The number of nitrogens with zero attached hydrogens (tertiary/aromatic N) is 1. The molecule has 0 spiro atoms. The minimum Gasteiger partial charge on any atom is -0.627 e. The van der Waals surface area contributed by atoms with E-state index in [0.717, 1.165) is 5.69 Å². The SMILES string of the molecule is Cc1ccc2c(F)ccc([P+]3([O-])OCC(C)(C)CO3)c2n1. The summed E-state index contributed by atoms with van der Waals surface area (Å²) in [6, 6.07) is 6.08. The van der Waals surface area contributed by atoms with Crippen LogP contribution in [0.25, 0.3) is 10.9 Å². The molecule has 0 aliphatic carbocycles. The van der Waals surface area contributed by atoms with Crippen LogP contribution in [0.3, 0.4) is 0 Å². The summed E-state index contributed by atoms with van der Waals surface area (Å²) < 4.78 is 25.0. The average Bonchev–Trinajstić information content (AvgIpc) is 2.43. The van der Waals surface area contributed by atoms with Crippen molar-refractivity contribution in [3.05, 3.63) is 35.8 Å². The minimum absolute atomic E-state index is 0.187. The highest BCUT2D eigenvalue weighted by Gasteiger charge is 2.44. The molecule has 2 aromatic rings. The van der Waals surface area contributed by atoms with Crippen LogP contribution in [0.5, 0.6) is 0 Å². The fourth-order valence-corrected chi connectivity index (χ4v) is 4.30. The van der Waals surface area contributed by atoms with Crippen molar-refractivity contribution >= 4 is 24.2 Å². The average molecular weight is 309 g/mol. The third kappa shape index (κ3) is 2.67. The van der Waals surface area contributed by atoms with E-state index >= 15 is 0 Å². The molecule has 3 rings (SSSR count). The lowest BCUT2D eigenvalue weighted by atomic mass is 9.97. The summed E-state index contributed by atoms with van der Waals surface area (Å²) in [6.07, 6.45) is 0. The van der Waals surface area contributed by atoms with E-state index in [0.29, 0.717) is 29.4 Å². The first kappa shape index (κ1) is 14.8. The van der Waals surface area contributed by atoms with Crippen molar-refractivity contribution < 1.29 is 18.3 Å². The number of rotatable bonds is 1. The molecule has 21 heavy (non-hydrogen) atoms. The second-order valence-corrected chi connectivity index (χ2v) is 8.12. The third-order valence-electron chi connectivity index (χ3n) is 3.47. The fourth-order valence-electron chi connectivity index (χ4n) is 2.22. The lowest BCUT2D eigenvalue weighted by Gasteiger charge is -2.37. The second kappa shape index (κ2) is 4.96. The van der Waals surface area contributed by atoms with Gasteiger partial charge in [0.2, 0.25) is 0 Å². The molecule has 0 N–H and O–H groups in total. The van der Waals surface area contributed by atoms with Gasteiger partial charge in [-0.25, -0.2) is 18.4 Å². The Balaban J connectivity index is 2.12. The van der Waals surface area contributed by atoms with E-state index in [2.05, 4.69) is 4.98 Å².